The lowest BCUT2D eigenvalue weighted by molar-refractivity contribution is 0.0467. The molecule has 0 amide bonds. The molecule has 6 nitrogen and oxygen atoms in total. The number of rotatable bonds is 5. The Kier molecular flexibility index (Phi) is 4.93. The Morgan fingerprint density at radius 2 is 1.69 bits per heavy atom. The third-order valence-electron chi connectivity index (χ3n) is 4.13. The van der Waals surface area contributed by atoms with Crippen LogP contribution in [0.4, 0.5) is 0 Å². The fourth-order valence-electron chi connectivity index (χ4n) is 2.44. The quantitative estimate of drug-likeness (QED) is 0.522. The Balaban J connectivity index is 1.69. The number of hydrogen-bond acceptors (Lipinski definition) is 5. The van der Waals surface area contributed by atoms with Crippen molar-refractivity contribution in [2.24, 2.45) is 0 Å². The minimum absolute atomic E-state index is 0.0988. The Morgan fingerprint density at radius 1 is 0.962 bits per heavy atom. The summed E-state index contributed by atoms with van der Waals surface area (Å²) in [6, 6.07) is 14.7. The first-order chi connectivity index (χ1) is 12.5. The number of benzene rings is 2. The zero-order chi connectivity index (χ0) is 18.7. The predicted molar refractivity (Wildman–Crippen MR) is 96.6 cm³/mol. The molecule has 0 fully saturated rings. The lowest BCUT2D eigenvalue weighted by Crippen LogP contribution is -2.15. The smallest absolute Gasteiger partial charge is 0.361 e. The first-order valence-electron chi connectivity index (χ1n) is 8.22. The van der Waals surface area contributed by atoms with E-state index in [1.54, 1.807) is 19.1 Å². The molecule has 0 N–H and O–H groups in total. The van der Waals surface area contributed by atoms with Gasteiger partial charge in [0.1, 0.15) is 0 Å². The largest absolute Gasteiger partial charge is 0.452 e. The number of Topliss-reactive ketones (excluding diaryl/α,β-unsaturated/α-hetero) is 1. The summed E-state index contributed by atoms with van der Waals surface area (Å²) in [4.78, 5) is 25.9. The first kappa shape index (κ1) is 17.5. The molecule has 0 bridgehead atoms. The van der Waals surface area contributed by atoms with Crippen LogP contribution in [0, 0.1) is 20.8 Å². The van der Waals surface area contributed by atoms with Crippen molar-refractivity contribution < 1.29 is 14.3 Å². The van der Waals surface area contributed by atoms with E-state index in [4.69, 9.17) is 4.74 Å². The van der Waals surface area contributed by atoms with Gasteiger partial charge in [-0.15, -0.1) is 5.10 Å². The van der Waals surface area contributed by atoms with Crippen molar-refractivity contribution in [3.63, 3.8) is 0 Å². The van der Waals surface area contributed by atoms with Crippen LogP contribution in [-0.4, -0.2) is 33.4 Å². The maximum absolute atomic E-state index is 12.3. The molecule has 132 valence electrons. The second kappa shape index (κ2) is 7.31. The molecule has 3 aromatic rings. The molecule has 6 heteroatoms. The molecule has 0 aliphatic heterocycles. The van der Waals surface area contributed by atoms with Crippen LogP contribution in [0.15, 0.2) is 48.5 Å². The third-order valence-corrected chi connectivity index (χ3v) is 4.13. The molecule has 3 rings (SSSR count). The van der Waals surface area contributed by atoms with Crippen molar-refractivity contribution in [1.82, 2.24) is 15.0 Å². The SMILES string of the molecule is Cc1ccc(C(=O)COC(=O)c2nn(-c3ccccc3)nc2C)cc1C. The lowest BCUT2D eigenvalue weighted by atomic mass is 10.0. The standard InChI is InChI=1S/C20H19N3O3/c1-13-9-10-16(11-14(13)2)18(24)12-26-20(25)19-15(3)21-23(22-19)17-7-5-4-6-8-17/h4-11H,12H2,1-3H3. The molecule has 1 heterocycles. The van der Waals surface area contributed by atoms with E-state index >= 15 is 0 Å². The molecular weight excluding hydrogens is 330 g/mol. The summed E-state index contributed by atoms with van der Waals surface area (Å²) < 4.78 is 5.14. The van der Waals surface area contributed by atoms with Gasteiger partial charge in [0.15, 0.2) is 18.1 Å². The van der Waals surface area contributed by atoms with Gasteiger partial charge in [0, 0.05) is 5.56 Å². The van der Waals surface area contributed by atoms with E-state index in [0.717, 1.165) is 16.8 Å². The van der Waals surface area contributed by atoms with Crippen LogP contribution in [0.2, 0.25) is 0 Å². The molecule has 1 aromatic heterocycles. The molecule has 0 aliphatic carbocycles. The first-order valence-corrected chi connectivity index (χ1v) is 8.22. The molecule has 0 atom stereocenters. The summed E-state index contributed by atoms with van der Waals surface area (Å²) in [7, 11) is 0. The van der Waals surface area contributed by atoms with Gasteiger partial charge in [0.2, 0.25) is 0 Å². The maximum Gasteiger partial charge on any atom is 0.361 e. The zero-order valence-electron chi connectivity index (χ0n) is 14.9. The fourth-order valence-corrected chi connectivity index (χ4v) is 2.44. The van der Waals surface area contributed by atoms with Crippen LogP contribution < -0.4 is 0 Å². The van der Waals surface area contributed by atoms with Crippen molar-refractivity contribution in [3.8, 4) is 5.69 Å². The van der Waals surface area contributed by atoms with Gasteiger partial charge in [-0.05, 0) is 50.1 Å². The number of esters is 1. The summed E-state index contributed by atoms with van der Waals surface area (Å²) in [5, 5.41) is 8.40. The van der Waals surface area contributed by atoms with Gasteiger partial charge in [-0.3, -0.25) is 4.79 Å². The summed E-state index contributed by atoms with van der Waals surface area (Å²) in [6.45, 7) is 5.25. The number of hydrogen-bond donors (Lipinski definition) is 0. The number of ketones is 1. The number of nitrogens with zero attached hydrogens (tertiary/aromatic N) is 3. The van der Waals surface area contributed by atoms with Gasteiger partial charge >= 0.3 is 5.97 Å². The summed E-state index contributed by atoms with van der Waals surface area (Å²) >= 11 is 0. The van der Waals surface area contributed by atoms with Crippen molar-refractivity contribution in [1.29, 1.82) is 0 Å². The number of carbonyl (C=O) groups is 2. The fraction of sp³-hybridized carbons (Fsp3) is 0.200. The predicted octanol–water partition coefficient (Wildman–Crippen LogP) is 3.23. The molecule has 0 radical (unpaired) electrons. The highest BCUT2D eigenvalue weighted by molar-refractivity contribution is 5.99. The average molecular weight is 349 g/mol. The van der Waals surface area contributed by atoms with Crippen molar-refractivity contribution in [2.45, 2.75) is 20.8 Å². The highest BCUT2D eigenvalue weighted by Crippen LogP contribution is 2.12. The molecule has 0 saturated carbocycles. The van der Waals surface area contributed by atoms with Crippen LogP contribution >= 0.6 is 0 Å². The minimum atomic E-state index is -0.665. The Bertz CT molecular complexity index is 962. The van der Waals surface area contributed by atoms with Gasteiger partial charge in [-0.25, -0.2) is 4.79 Å². The summed E-state index contributed by atoms with van der Waals surface area (Å²) in [5.74, 6) is -0.920. The van der Waals surface area contributed by atoms with E-state index in [9.17, 15) is 9.59 Å². The molecular formula is C20H19N3O3. The molecule has 0 unspecified atom stereocenters. The molecule has 0 aliphatic rings. The second-order valence-electron chi connectivity index (χ2n) is 6.06. The van der Waals surface area contributed by atoms with Crippen LogP contribution in [0.1, 0.15) is 37.7 Å². The van der Waals surface area contributed by atoms with E-state index < -0.39 is 5.97 Å². The molecule has 26 heavy (non-hydrogen) atoms. The Morgan fingerprint density at radius 3 is 2.38 bits per heavy atom. The number of aromatic nitrogens is 3. The third kappa shape index (κ3) is 3.69. The van der Waals surface area contributed by atoms with E-state index in [-0.39, 0.29) is 18.1 Å². The number of para-hydroxylation sites is 1. The summed E-state index contributed by atoms with van der Waals surface area (Å²) in [6.07, 6.45) is 0. The number of ether oxygens (including phenoxy) is 1. The Labute approximate surface area is 151 Å². The zero-order valence-corrected chi connectivity index (χ0v) is 14.9. The van der Waals surface area contributed by atoms with Crippen LogP contribution in [-0.2, 0) is 4.74 Å². The normalized spacial score (nSPS) is 10.6. The number of aryl methyl sites for hydroxylation is 3. The van der Waals surface area contributed by atoms with Crippen LogP contribution in [0.3, 0.4) is 0 Å². The van der Waals surface area contributed by atoms with Gasteiger partial charge in [0.25, 0.3) is 0 Å². The van der Waals surface area contributed by atoms with E-state index in [0.29, 0.717) is 11.3 Å². The van der Waals surface area contributed by atoms with Crippen LogP contribution in [0.25, 0.3) is 5.69 Å². The molecule has 2 aromatic carbocycles. The van der Waals surface area contributed by atoms with Crippen molar-refractivity contribution in [3.05, 3.63) is 76.6 Å². The topological polar surface area (TPSA) is 74.1 Å². The average Bonchev–Trinajstić information content (AvgIpc) is 3.04. The highest BCUT2D eigenvalue weighted by Gasteiger charge is 2.19. The van der Waals surface area contributed by atoms with Gasteiger partial charge in [0.05, 0.1) is 11.4 Å². The van der Waals surface area contributed by atoms with Gasteiger partial charge < -0.3 is 4.74 Å². The molecule has 0 spiro atoms. The van der Waals surface area contributed by atoms with E-state index in [1.165, 1.54) is 4.80 Å². The van der Waals surface area contributed by atoms with E-state index in [1.807, 2.05) is 50.2 Å². The van der Waals surface area contributed by atoms with Gasteiger partial charge in [-0.1, -0.05) is 30.3 Å². The van der Waals surface area contributed by atoms with Crippen molar-refractivity contribution >= 4 is 11.8 Å². The van der Waals surface area contributed by atoms with E-state index in [2.05, 4.69) is 10.2 Å². The second-order valence-corrected chi connectivity index (χ2v) is 6.06. The maximum atomic E-state index is 12.3. The van der Waals surface area contributed by atoms with Gasteiger partial charge in [-0.2, -0.15) is 9.90 Å². The summed E-state index contributed by atoms with van der Waals surface area (Å²) in [5.41, 5.74) is 3.92. The minimum Gasteiger partial charge on any atom is -0.452 e. The lowest BCUT2D eigenvalue weighted by Gasteiger charge is -2.05. The molecule has 0 saturated heterocycles. The monoisotopic (exact) mass is 349 g/mol. The Hall–Kier alpha value is -3.28. The highest BCUT2D eigenvalue weighted by atomic mass is 16.5. The van der Waals surface area contributed by atoms with Crippen LogP contribution in [0.5, 0.6) is 0 Å². The van der Waals surface area contributed by atoms with Crippen molar-refractivity contribution in [2.75, 3.05) is 6.61 Å². The number of carbonyl (C=O) groups excluding carboxylic acids is 2.